The van der Waals surface area contributed by atoms with Crippen LogP contribution in [-0.4, -0.2) is 19.5 Å². The van der Waals surface area contributed by atoms with Gasteiger partial charge in [-0.3, -0.25) is 0 Å². The lowest BCUT2D eigenvalue weighted by Crippen LogP contribution is -2.02. The molecule has 4 heteroatoms. The van der Waals surface area contributed by atoms with Crippen LogP contribution in [-0.2, 0) is 13.0 Å². The van der Waals surface area contributed by atoms with Crippen molar-refractivity contribution in [2.75, 3.05) is 0 Å². The van der Waals surface area contributed by atoms with Gasteiger partial charge >= 0.3 is 0 Å². The van der Waals surface area contributed by atoms with Gasteiger partial charge in [0.2, 0.25) is 0 Å². The first-order valence-electron chi connectivity index (χ1n) is 17.4. The zero-order valence-corrected chi connectivity index (χ0v) is 28.0. The fourth-order valence-corrected chi connectivity index (χ4v) is 6.96. The van der Waals surface area contributed by atoms with Crippen molar-refractivity contribution in [2.24, 2.45) is 0 Å². The Labute approximate surface area is 297 Å². The minimum Gasteiger partial charge on any atom is -0.340 e. The Kier molecular flexibility index (Phi) is 7.95. The molecule has 2 heterocycles. The van der Waals surface area contributed by atoms with E-state index in [0.717, 1.165) is 29.7 Å². The molecular formula is C47H34N4. The Morgan fingerprint density at radius 2 is 0.686 bits per heavy atom. The second-order valence-electron chi connectivity index (χ2n) is 12.8. The third-order valence-electron chi connectivity index (χ3n) is 9.61. The first kappa shape index (κ1) is 30.4. The third-order valence-corrected chi connectivity index (χ3v) is 9.61. The van der Waals surface area contributed by atoms with E-state index >= 15 is 0 Å². The van der Waals surface area contributed by atoms with E-state index in [1.165, 1.54) is 49.6 Å². The van der Waals surface area contributed by atoms with Crippen molar-refractivity contribution in [1.82, 2.24) is 19.5 Å². The van der Waals surface area contributed by atoms with Gasteiger partial charge in [-0.15, -0.1) is 0 Å². The van der Waals surface area contributed by atoms with Gasteiger partial charge in [-0.05, 0) is 58.5 Å². The first-order chi connectivity index (χ1) is 25.3. The van der Waals surface area contributed by atoms with Crippen LogP contribution in [0.3, 0.4) is 0 Å². The molecule has 0 aliphatic carbocycles. The molecule has 9 rings (SSSR count). The molecule has 2 aromatic heterocycles. The van der Waals surface area contributed by atoms with E-state index in [4.69, 9.17) is 15.0 Å². The Balaban J connectivity index is 1.05. The van der Waals surface area contributed by atoms with Crippen LogP contribution in [0.5, 0.6) is 0 Å². The normalized spacial score (nSPS) is 11.3. The molecule has 9 aromatic rings. The minimum absolute atomic E-state index is 0.667. The molecule has 0 bridgehead atoms. The van der Waals surface area contributed by atoms with Crippen molar-refractivity contribution in [3.05, 3.63) is 188 Å². The van der Waals surface area contributed by atoms with Crippen LogP contribution in [0.15, 0.2) is 182 Å². The van der Waals surface area contributed by atoms with Crippen LogP contribution in [0.2, 0.25) is 0 Å². The number of fused-ring (bicyclic) bond motifs is 3. The van der Waals surface area contributed by atoms with Gasteiger partial charge in [-0.1, -0.05) is 158 Å². The standard InChI is InChI=1S/C47H34N4/c1-5-13-34(14-6-1)39-25-27-43-41(31-39)42-32-40(35-15-7-2-8-16-35)26-28-44(42)51(43)30-29-33-21-23-38(24-22-33)47-49-45(36-17-9-3-10-18-36)48-46(50-47)37-19-11-4-12-20-37/h1-28,31-32H,29-30H2. The van der Waals surface area contributed by atoms with Crippen molar-refractivity contribution in [1.29, 1.82) is 0 Å². The van der Waals surface area contributed by atoms with Gasteiger partial charge in [0.05, 0.1) is 0 Å². The van der Waals surface area contributed by atoms with Gasteiger partial charge in [0.15, 0.2) is 17.5 Å². The molecule has 242 valence electrons. The van der Waals surface area contributed by atoms with Crippen molar-refractivity contribution < 1.29 is 0 Å². The van der Waals surface area contributed by atoms with Crippen LogP contribution in [0.1, 0.15) is 5.56 Å². The third kappa shape index (κ3) is 6.09. The summed E-state index contributed by atoms with van der Waals surface area (Å²) < 4.78 is 2.48. The summed E-state index contributed by atoms with van der Waals surface area (Å²) in [5, 5.41) is 2.55. The zero-order chi connectivity index (χ0) is 34.0. The van der Waals surface area contributed by atoms with E-state index in [2.05, 4.69) is 126 Å². The molecule has 7 aromatic carbocycles. The Bertz CT molecular complexity index is 2440. The molecule has 0 saturated heterocycles. The summed E-state index contributed by atoms with van der Waals surface area (Å²) in [6.07, 6.45) is 0.891. The predicted octanol–water partition coefficient (Wildman–Crippen LogP) is 11.6. The van der Waals surface area contributed by atoms with Gasteiger partial charge in [-0.2, -0.15) is 0 Å². The summed E-state index contributed by atoms with van der Waals surface area (Å²) in [5.41, 5.74) is 11.6. The number of benzene rings is 7. The maximum absolute atomic E-state index is 4.92. The minimum atomic E-state index is 0.667. The molecule has 0 spiro atoms. The number of rotatable bonds is 8. The van der Waals surface area contributed by atoms with E-state index in [9.17, 15) is 0 Å². The average molecular weight is 655 g/mol. The SMILES string of the molecule is c1ccc(-c2ccc3c(c2)c2cc(-c4ccccc4)ccc2n3CCc2ccc(-c3nc(-c4ccccc4)nc(-c4ccccc4)n3)cc2)cc1. The van der Waals surface area contributed by atoms with E-state index in [-0.39, 0.29) is 0 Å². The highest BCUT2D eigenvalue weighted by molar-refractivity contribution is 6.10. The van der Waals surface area contributed by atoms with Crippen LogP contribution in [0.25, 0.3) is 78.2 Å². The van der Waals surface area contributed by atoms with Crippen molar-refractivity contribution in [3.63, 3.8) is 0 Å². The molecular weight excluding hydrogens is 621 g/mol. The molecule has 0 amide bonds. The largest absolute Gasteiger partial charge is 0.340 e. The summed E-state index contributed by atoms with van der Waals surface area (Å²) in [4.78, 5) is 14.7. The lowest BCUT2D eigenvalue weighted by Gasteiger charge is -2.10. The van der Waals surface area contributed by atoms with Gasteiger partial charge < -0.3 is 4.57 Å². The summed E-state index contributed by atoms with van der Waals surface area (Å²) in [7, 11) is 0. The Morgan fingerprint density at radius 3 is 1.10 bits per heavy atom. The van der Waals surface area contributed by atoms with Crippen molar-refractivity contribution >= 4 is 21.8 Å². The highest BCUT2D eigenvalue weighted by Gasteiger charge is 2.15. The number of hydrogen-bond donors (Lipinski definition) is 0. The quantitative estimate of drug-likeness (QED) is 0.164. The monoisotopic (exact) mass is 654 g/mol. The molecule has 0 unspecified atom stereocenters. The summed E-state index contributed by atoms with van der Waals surface area (Å²) >= 11 is 0. The maximum atomic E-state index is 4.92. The number of nitrogens with zero attached hydrogens (tertiary/aromatic N) is 4. The Hall–Kier alpha value is -6.65. The van der Waals surface area contributed by atoms with E-state index in [1.54, 1.807) is 0 Å². The highest BCUT2D eigenvalue weighted by atomic mass is 15.0. The number of aromatic nitrogens is 4. The molecule has 0 radical (unpaired) electrons. The van der Waals surface area contributed by atoms with Crippen molar-refractivity contribution in [3.8, 4) is 56.4 Å². The lowest BCUT2D eigenvalue weighted by molar-refractivity contribution is 0.745. The van der Waals surface area contributed by atoms with E-state index < -0.39 is 0 Å². The molecule has 0 N–H and O–H groups in total. The van der Waals surface area contributed by atoms with Crippen LogP contribution >= 0.6 is 0 Å². The fraction of sp³-hybridized carbons (Fsp3) is 0.0426. The molecule has 51 heavy (non-hydrogen) atoms. The first-order valence-corrected chi connectivity index (χ1v) is 17.4. The molecule has 0 saturated carbocycles. The van der Waals surface area contributed by atoms with Crippen molar-refractivity contribution in [2.45, 2.75) is 13.0 Å². The average Bonchev–Trinajstić information content (AvgIpc) is 3.53. The second kappa shape index (κ2) is 13.3. The van der Waals surface area contributed by atoms with E-state index in [0.29, 0.717) is 17.5 Å². The predicted molar refractivity (Wildman–Crippen MR) is 210 cm³/mol. The second-order valence-corrected chi connectivity index (χ2v) is 12.8. The maximum Gasteiger partial charge on any atom is 0.164 e. The molecule has 0 aliphatic rings. The van der Waals surface area contributed by atoms with Gasteiger partial charge in [0.25, 0.3) is 0 Å². The molecule has 0 fully saturated rings. The van der Waals surface area contributed by atoms with Crippen LogP contribution < -0.4 is 0 Å². The number of hydrogen-bond acceptors (Lipinski definition) is 3. The van der Waals surface area contributed by atoms with Gasteiger partial charge in [-0.25, -0.2) is 15.0 Å². The fourth-order valence-electron chi connectivity index (χ4n) is 6.96. The smallest absolute Gasteiger partial charge is 0.164 e. The van der Waals surface area contributed by atoms with E-state index in [1.807, 2.05) is 60.7 Å². The summed E-state index contributed by atoms with van der Waals surface area (Å²) in [6.45, 7) is 0.858. The van der Waals surface area contributed by atoms with Gasteiger partial charge in [0.1, 0.15) is 0 Å². The summed E-state index contributed by atoms with van der Waals surface area (Å²) in [5.74, 6) is 2.00. The van der Waals surface area contributed by atoms with Gasteiger partial charge in [0, 0.05) is 45.0 Å². The molecule has 4 nitrogen and oxygen atoms in total. The molecule has 0 atom stereocenters. The lowest BCUT2D eigenvalue weighted by atomic mass is 10.0. The highest BCUT2D eigenvalue weighted by Crippen LogP contribution is 2.36. The summed E-state index contributed by atoms with van der Waals surface area (Å²) in [6, 6.07) is 64.0. The zero-order valence-electron chi connectivity index (χ0n) is 28.0. The van der Waals surface area contributed by atoms with Crippen LogP contribution in [0, 0.1) is 0 Å². The van der Waals surface area contributed by atoms with Crippen LogP contribution in [0.4, 0.5) is 0 Å². The topological polar surface area (TPSA) is 43.6 Å². The Morgan fingerprint density at radius 1 is 0.333 bits per heavy atom. The molecule has 0 aliphatic heterocycles. The number of aryl methyl sites for hydroxylation is 2.